The maximum Gasteiger partial charge on any atom is 0.263 e. The van der Waals surface area contributed by atoms with Crippen LogP contribution in [0, 0.1) is 5.92 Å². The van der Waals surface area contributed by atoms with E-state index in [0.29, 0.717) is 30.9 Å². The van der Waals surface area contributed by atoms with Crippen molar-refractivity contribution >= 4 is 28.8 Å². The van der Waals surface area contributed by atoms with E-state index in [0.717, 1.165) is 22.6 Å². The third kappa shape index (κ3) is 3.70. The SMILES string of the molecule is CC(=O)Nc1ccc(-c2ccc3n(c2=O)C[C@@H]2C[C@@H]3CN(C(=O)c3cccs3)C2)cc1. The highest BCUT2D eigenvalue weighted by molar-refractivity contribution is 7.12. The lowest BCUT2D eigenvalue weighted by Crippen LogP contribution is -2.49. The van der Waals surface area contributed by atoms with E-state index in [9.17, 15) is 14.4 Å². The molecule has 2 atom stereocenters. The first-order valence-corrected chi connectivity index (χ1v) is 11.3. The molecule has 158 valence electrons. The second-order valence-corrected chi connectivity index (χ2v) is 9.28. The van der Waals surface area contributed by atoms with E-state index in [1.165, 1.54) is 18.3 Å². The van der Waals surface area contributed by atoms with Gasteiger partial charge in [-0.15, -0.1) is 11.3 Å². The molecular formula is C24H23N3O3S. The lowest BCUT2D eigenvalue weighted by molar-refractivity contribution is -0.114. The van der Waals surface area contributed by atoms with Crippen molar-refractivity contribution < 1.29 is 9.59 Å². The van der Waals surface area contributed by atoms with E-state index in [4.69, 9.17) is 0 Å². The van der Waals surface area contributed by atoms with Crippen molar-refractivity contribution in [2.45, 2.75) is 25.8 Å². The predicted molar refractivity (Wildman–Crippen MR) is 122 cm³/mol. The van der Waals surface area contributed by atoms with Crippen molar-refractivity contribution in [2.24, 2.45) is 5.92 Å². The highest BCUT2D eigenvalue weighted by Crippen LogP contribution is 2.36. The molecule has 0 aliphatic carbocycles. The molecule has 0 saturated carbocycles. The Kier molecular flexibility index (Phi) is 4.98. The Hall–Kier alpha value is -3.19. The first-order chi connectivity index (χ1) is 15.0. The first kappa shape index (κ1) is 19.8. The van der Waals surface area contributed by atoms with E-state index < -0.39 is 0 Å². The number of likely N-dealkylation sites (tertiary alicyclic amines) is 1. The molecule has 7 heteroatoms. The molecule has 1 aromatic carbocycles. The van der Waals surface area contributed by atoms with Gasteiger partial charge in [-0.05, 0) is 53.6 Å². The number of thiophene rings is 1. The Labute approximate surface area is 184 Å². The molecule has 5 rings (SSSR count). The van der Waals surface area contributed by atoms with Gasteiger partial charge in [-0.25, -0.2) is 0 Å². The van der Waals surface area contributed by atoms with E-state index in [2.05, 4.69) is 5.32 Å². The molecule has 31 heavy (non-hydrogen) atoms. The van der Waals surface area contributed by atoms with Gasteiger partial charge in [-0.3, -0.25) is 14.4 Å². The molecule has 2 aromatic heterocycles. The Morgan fingerprint density at radius 3 is 2.55 bits per heavy atom. The molecule has 2 aliphatic heterocycles. The van der Waals surface area contributed by atoms with Gasteiger partial charge in [0.05, 0.1) is 4.88 Å². The summed E-state index contributed by atoms with van der Waals surface area (Å²) in [7, 11) is 0. The molecule has 1 N–H and O–H groups in total. The molecule has 2 aliphatic rings. The Morgan fingerprint density at radius 2 is 1.84 bits per heavy atom. The van der Waals surface area contributed by atoms with Crippen LogP contribution in [0.25, 0.3) is 11.1 Å². The number of anilines is 1. The number of hydrogen-bond donors (Lipinski definition) is 1. The normalized spacial score (nSPS) is 19.6. The summed E-state index contributed by atoms with van der Waals surface area (Å²) >= 11 is 1.47. The number of nitrogens with one attached hydrogen (secondary N) is 1. The zero-order valence-electron chi connectivity index (χ0n) is 17.2. The van der Waals surface area contributed by atoms with E-state index in [-0.39, 0.29) is 29.2 Å². The molecule has 0 radical (unpaired) electrons. The number of rotatable bonds is 3. The number of fused-ring (bicyclic) bond motifs is 4. The minimum Gasteiger partial charge on any atom is -0.337 e. The van der Waals surface area contributed by atoms with Gasteiger partial charge >= 0.3 is 0 Å². The van der Waals surface area contributed by atoms with E-state index in [1.54, 1.807) is 0 Å². The Morgan fingerprint density at radius 1 is 1.03 bits per heavy atom. The smallest absolute Gasteiger partial charge is 0.263 e. The molecule has 1 fully saturated rings. The summed E-state index contributed by atoms with van der Waals surface area (Å²) < 4.78 is 1.91. The van der Waals surface area contributed by atoms with Gasteiger partial charge < -0.3 is 14.8 Å². The average molecular weight is 434 g/mol. The number of carbonyl (C=O) groups is 2. The van der Waals surface area contributed by atoms with Crippen molar-refractivity contribution in [1.82, 2.24) is 9.47 Å². The highest BCUT2D eigenvalue weighted by Gasteiger charge is 2.37. The van der Waals surface area contributed by atoms with Gasteiger partial charge in [0.25, 0.3) is 11.5 Å². The summed E-state index contributed by atoms with van der Waals surface area (Å²) in [6.07, 6.45) is 1.01. The molecule has 2 bridgehead atoms. The van der Waals surface area contributed by atoms with Crippen LogP contribution in [0.2, 0.25) is 0 Å². The number of nitrogens with zero attached hydrogens (tertiary/aromatic N) is 2. The van der Waals surface area contributed by atoms with Crippen LogP contribution < -0.4 is 10.9 Å². The van der Waals surface area contributed by atoms with Crippen molar-refractivity contribution in [3.8, 4) is 11.1 Å². The van der Waals surface area contributed by atoms with Gasteiger partial charge in [-0.1, -0.05) is 18.2 Å². The van der Waals surface area contributed by atoms with Crippen LogP contribution in [0.4, 0.5) is 5.69 Å². The monoisotopic (exact) mass is 433 g/mol. The number of piperidine rings is 1. The van der Waals surface area contributed by atoms with Crippen molar-refractivity contribution in [2.75, 3.05) is 18.4 Å². The largest absolute Gasteiger partial charge is 0.337 e. The standard InChI is InChI=1S/C24H23N3O3S/c1-15(28)25-19-6-4-17(5-7-19)20-8-9-21-18-11-16(13-27(21)23(20)29)12-26(14-18)24(30)22-3-2-10-31-22/h2-10,16,18H,11-14H2,1H3,(H,25,28)/t16-,18-/m1/s1. The minimum absolute atomic E-state index is 0.0116. The van der Waals surface area contributed by atoms with Crippen LogP contribution in [-0.4, -0.2) is 34.4 Å². The number of benzene rings is 1. The fourth-order valence-electron chi connectivity index (χ4n) is 4.82. The van der Waals surface area contributed by atoms with Crippen LogP contribution in [0.15, 0.2) is 58.7 Å². The Balaban J connectivity index is 1.43. The number of amides is 2. The first-order valence-electron chi connectivity index (χ1n) is 10.4. The van der Waals surface area contributed by atoms with Gasteiger partial charge in [0.2, 0.25) is 5.91 Å². The second-order valence-electron chi connectivity index (χ2n) is 8.33. The predicted octanol–water partition coefficient (Wildman–Crippen LogP) is 3.79. The third-order valence-corrected chi connectivity index (χ3v) is 7.00. The zero-order chi connectivity index (χ0) is 21.5. The van der Waals surface area contributed by atoms with Gasteiger partial charge in [0.15, 0.2) is 0 Å². The summed E-state index contributed by atoms with van der Waals surface area (Å²) in [6, 6.07) is 15.0. The average Bonchev–Trinajstić information content (AvgIpc) is 3.29. The fourth-order valence-corrected chi connectivity index (χ4v) is 5.51. The van der Waals surface area contributed by atoms with E-state index >= 15 is 0 Å². The van der Waals surface area contributed by atoms with Crippen molar-refractivity contribution in [3.05, 3.63) is 74.8 Å². The van der Waals surface area contributed by atoms with Crippen LogP contribution in [0.1, 0.15) is 34.6 Å². The molecule has 4 heterocycles. The number of hydrogen-bond acceptors (Lipinski definition) is 4. The maximum absolute atomic E-state index is 13.3. The van der Waals surface area contributed by atoms with Crippen LogP contribution in [0.3, 0.4) is 0 Å². The van der Waals surface area contributed by atoms with Crippen molar-refractivity contribution in [1.29, 1.82) is 0 Å². The van der Waals surface area contributed by atoms with E-state index in [1.807, 2.05) is 63.4 Å². The molecular weight excluding hydrogens is 410 g/mol. The highest BCUT2D eigenvalue weighted by atomic mass is 32.1. The molecule has 1 saturated heterocycles. The number of pyridine rings is 1. The fraction of sp³-hybridized carbons (Fsp3) is 0.292. The van der Waals surface area contributed by atoms with Gasteiger partial charge in [0.1, 0.15) is 0 Å². The molecule has 6 nitrogen and oxygen atoms in total. The number of aromatic nitrogens is 1. The van der Waals surface area contributed by atoms with Crippen molar-refractivity contribution in [3.63, 3.8) is 0 Å². The Bertz CT molecular complexity index is 1200. The van der Waals surface area contributed by atoms with Crippen LogP contribution in [0.5, 0.6) is 0 Å². The summed E-state index contributed by atoms with van der Waals surface area (Å²) in [5, 5.41) is 4.67. The second kappa shape index (κ2) is 7.81. The summed E-state index contributed by atoms with van der Waals surface area (Å²) in [5.41, 5.74) is 3.23. The molecule has 3 aromatic rings. The lowest BCUT2D eigenvalue weighted by Gasteiger charge is -2.42. The quantitative estimate of drug-likeness (QED) is 0.683. The third-order valence-electron chi connectivity index (χ3n) is 6.14. The number of carbonyl (C=O) groups excluding carboxylic acids is 2. The lowest BCUT2D eigenvalue weighted by atomic mass is 9.82. The molecule has 2 amide bonds. The summed E-state index contributed by atoms with van der Waals surface area (Å²) in [4.78, 5) is 40.1. The van der Waals surface area contributed by atoms with Gasteiger partial charge in [0, 0.05) is 49.4 Å². The summed E-state index contributed by atoms with van der Waals surface area (Å²) in [5.74, 6) is 0.432. The molecule has 0 spiro atoms. The zero-order valence-corrected chi connectivity index (χ0v) is 18.0. The maximum atomic E-state index is 13.3. The summed E-state index contributed by atoms with van der Waals surface area (Å²) in [6.45, 7) is 3.44. The topological polar surface area (TPSA) is 71.4 Å². The van der Waals surface area contributed by atoms with Crippen LogP contribution in [-0.2, 0) is 11.3 Å². The van der Waals surface area contributed by atoms with Gasteiger partial charge in [-0.2, -0.15) is 0 Å². The minimum atomic E-state index is -0.125. The van der Waals surface area contributed by atoms with Crippen LogP contribution >= 0.6 is 11.3 Å². The molecule has 0 unspecified atom stereocenters.